The van der Waals surface area contributed by atoms with Crippen LogP contribution in [0.5, 0.6) is 0 Å². The first kappa shape index (κ1) is 29.1. The number of benzene rings is 2. The normalized spacial score (nSPS) is 15.7. The number of halogens is 1. The first-order chi connectivity index (χ1) is 19.5. The number of thiazole rings is 1. The summed E-state index contributed by atoms with van der Waals surface area (Å²) in [6, 6.07) is 14.7. The van der Waals surface area contributed by atoms with Gasteiger partial charge in [0.2, 0.25) is 16.0 Å². The third kappa shape index (κ3) is 6.74. The van der Waals surface area contributed by atoms with Crippen LogP contribution < -0.4 is 15.4 Å². The summed E-state index contributed by atoms with van der Waals surface area (Å²) in [6.45, 7) is 9.89. The van der Waals surface area contributed by atoms with E-state index in [2.05, 4.69) is 32.5 Å². The van der Waals surface area contributed by atoms with E-state index < -0.39 is 15.8 Å². The molecule has 11 heteroatoms. The summed E-state index contributed by atoms with van der Waals surface area (Å²) in [5, 5.41) is 7.54. The van der Waals surface area contributed by atoms with E-state index in [-0.39, 0.29) is 22.4 Å². The molecule has 8 nitrogen and oxygen atoms in total. The molecule has 0 radical (unpaired) electrons. The van der Waals surface area contributed by atoms with Gasteiger partial charge in [-0.05, 0) is 61.2 Å². The molecule has 4 aromatic rings. The first-order valence-electron chi connectivity index (χ1n) is 13.8. The molecule has 0 amide bonds. The summed E-state index contributed by atoms with van der Waals surface area (Å²) in [4.78, 5) is 14.7. The second-order valence-corrected chi connectivity index (χ2v) is 14.1. The Morgan fingerprint density at radius 2 is 1.93 bits per heavy atom. The van der Waals surface area contributed by atoms with E-state index in [1.54, 1.807) is 31.3 Å². The molecular formula is C30H35FN6O2S2. The summed E-state index contributed by atoms with van der Waals surface area (Å²) in [5.74, 6) is 0.133. The lowest BCUT2D eigenvalue weighted by molar-refractivity contribution is 0.585. The number of nitrogens with one attached hydrogen (secondary N) is 3. The third-order valence-corrected chi connectivity index (χ3v) is 9.80. The zero-order valence-electron chi connectivity index (χ0n) is 23.7. The number of nitrogens with zero attached hydrogens (tertiary/aromatic N) is 3. The van der Waals surface area contributed by atoms with Gasteiger partial charge in [0, 0.05) is 29.4 Å². The van der Waals surface area contributed by atoms with E-state index in [0.29, 0.717) is 34.6 Å². The van der Waals surface area contributed by atoms with Gasteiger partial charge in [0.1, 0.15) is 0 Å². The van der Waals surface area contributed by atoms with E-state index >= 15 is 4.39 Å². The fourth-order valence-electron chi connectivity index (χ4n) is 4.76. The van der Waals surface area contributed by atoms with Crippen molar-refractivity contribution >= 4 is 38.7 Å². The number of anilines is 3. The van der Waals surface area contributed by atoms with Crippen LogP contribution in [-0.4, -0.2) is 42.2 Å². The Bertz CT molecular complexity index is 1640. The van der Waals surface area contributed by atoms with Crippen LogP contribution in [0.3, 0.4) is 0 Å². The van der Waals surface area contributed by atoms with E-state index in [1.165, 1.54) is 23.0 Å². The van der Waals surface area contributed by atoms with Gasteiger partial charge in [-0.2, -0.15) is 0 Å². The molecule has 3 N–H and O–H groups in total. The van der Waals surface area contributed by atoms with E-state index in [9.17, 15) is 8.42 Å². The summed E-state index contributed by atoms with van der Waals surface area (Å²) >= 11 is 1.44. The number of sulfonamides is 1. The smallest absolute Gasteiger partial charge is 0.232 e. The molecule has 1 unspecified atom stereocenters. The molecule has 1 aliphatic heterocycles. The standard InChI is InChI=1S/C30H35FN6O2S2/c1-5-16-41(38,39)37-23-11-7-10-22(25(23)31)26-27(40-28(36-26)30(2,3)4)24-13-15-33-29(35-24)34-21-9-6-8-19(17-21)20-12-14-32-18-20/h6-11,13,15,17,20,32,37H,5,12,14,16,18H2,1-4H3,(H,33,34,35). The van der Waals surface area contributed by atoms with Crippen LogP contribution in [0.4, 0.5) is 21.7 Å². The van der Waals surface area contributed by atoms with Crippen molar-refractivity contribution in [3.8, 4) is 21.8 Å². The molecule has 0 spiro atoms. The number of rotatable bonds is 9. The fraction of sp³-hybridized carbons (Fsp3) is 0.367. The Balaban J connectivity index is 1.52. The summed E-state index contributed by atoms with van der Waals surface area (Å²) < 4.78 is 43.0. The predicted octanol–water partition coefficient (Wildman–Crippen LogP) is 6.68. The van der Waals surface area contributed by atoms with Gasteiger partial charge in [-0.25, -0.2) is 27.8 Å². The molecule has 0 saturated carbocycles. The lowest BCUT2D eigenvalue weighted by Crippen LogP contribution is -2.17. The SMILES string of the molecule is CCCS(=O)(=O)Nc1cccc(-c2nc(C(C)(C)C)sc2-c2ccnc(Nc3cccc(C4CCNC4)c3)n2)c1F. The molecule has 2 aromatic carbocycles. The van der Waals surface area contributed by atoms with Crippen molar-refractivity contribution in [1.29, 1.82) is 0 Å². The van der Waals surface area contributed by atoms with Gasteiger partial charge < -0.3 is 10.6 Å². The maximum atomic E-state index is 15.9. The first-order valence-corrected chi connectivity index (χ1v) is 16.2. The average Bonchev–Trinajstić information content (AvgIpc) is 3.61. The summed E-state index contributed by atoms with van der Waals surface area (Å²) in [5.41, 5.74) is 2.97. The molecule has 1 saturated heterocycles. The lowest BCUT2D eigenvalue weighted by Gasteiger charge is -2.13. The maximum Gasteiger partial charge on any atom is 0.232 e. The van der Waals surface area contributed by atoms with E-state index in [0.717, 1.165) is 30.2 Å². The molecule has 216 valence electrons. The Hall–Kier alpha value is -3.41. The van der Waals surface area contributed by atoms with Crippen molar-refractivity contribution in [2.45, 2.75) is 51.9 Å². The van der Waals surface area contributed by atoms with Crippen LogP contribution in [0.2, 0.25) is 0 Å². The Labute approximate surface area is 244 Å². The highest BCUT2D eigenvalue weighted by molar-refractivity contribution is 7.92. The van der Waals surface area contributed by atoms with Crippen molar-refractivity contribution in [2.24, 2.45) is 0 Å². The van der Waals surface area contributed by atoms with Gasteiger partial charge in [-0.3, -0.25) is 4.72 Å². The minimum absolute atomic E-state index is 0.0933. The molecule has 2 aromatic heterocycles. The Morgan fingerprint density at radius 1 is 1.12 bits per heavy atom. The van der Waals surface area contributed by atoms with Gasteiger partial charge in [0.15, 0.2) is 5.82 Å². The van der Waals surface area contributed by atoms with Gasteiger partial charge in [-0.1, -0.05) is 45.9 Å². The molecular weight excluding hydrogens is 560 g/mol. The quantitative estimate of drug-likeness (QED) is 0.198. The number of hydrogen-bond donors (Lipinski definition) is 3. The number of hydrogen-bond acceptors (Lipinski definition) is 8. The van der Waals surface area contributed by atoms with Gasteiger partial charge in [0.25, 0.3) is 0 Å². The molecule has 5 rings (SSSR count). The van der Waals surface area contributed by atoms with Gasteiger partial charge >= 0.3 is 0 Å². The zero-order valence-corrected chi connectivity index (χ0v) is 25.3. The van der Waals surface area contributed by atoms with E-state index in [1.807, 2.05) is 32.9 Å². The molecule has 0 aliphatic carbocycles. The van der Waals surface area contributed by atoms with Crippen molar-refractivity contribution in [1.82, 2.24) is 20.3 Å². The van der Waals surface area contributed by atoms with Crippen molar-refractivity contribution in [3.63, 3.8) is 0 Å². The highest BCUT2D eigenvalue weighted by Crippen LogP contribution is 2.42. The molecule has 0 bridgehead atoms. The van der Waals surface area contributed by atoms with Crippen molar-refractivity contribution in [2.75, 3.05) is 28.9 Å². The molecule has 3 heterocycles. The van der Waals surface area contributed by atoms with Gasteiger partial charge in [-0.15, -0.1) is 11.3 Å². The average molecular weight is 595 g/mol. The topological polar surface area (TPSA) is 109 Å². The minimum Gasteiger partial charge on any atom is -0.324 e. The van der Waals surface area contributed by atoms with Crippen molar-refractivity contribution < 1.29 is 12.8 Å². The summed E-state index contributed by atoms with van der Waals surface area (Å²) in [6.07, 6.45) is 3.20. The van der Waals surface area contributed by atoms with Crippen LogP contribution in [0.15, 0.2) is 54.7 Å². The largest absolute Gasteiger partial charge is 0.324 e. The highest BCUT2D eigenvalue weighted by atomic mass is 32.2. The monoisotopic (exact) mass is 594 g/mol. The second-order valence-electron chi connectivity index (χ2n) is 11.2. The predicted molar refractivity (Wildman–Crippen MR) is 165 cm³/mol. The van der Waals surface area contributed by atoms with Crippen LogP contribution in [0.25, 0.3) is 21.8 Å². The van der Waals surface area contributed by atoms with E-state index in [4.69, 9.17) is 9.97 Å². The van der Waals surface area contributed by atoms with Crippen LogP contribution in [-0.2, 0) is 15.4 Å². The fourth-order valence-corrected chi connectivity index (χ4v) is 7.00. The van der Waals surface area contributed by atoms with Gasteiger partial charge in [0.05, 0.1) is 32.7 Å². The van der Waals surface area contributed by atoms with Crippen LogP contribution in [0.1, 0.15) is 57.0 Å². The second kappa shape index (κ2) is 11.8. The Morgan fingerprint density at radius 3 is 2.66 bits per heavy atom. The highest BCUT2D eigenvalue weighted by Gasteiger charge is 2.26. The molecule has 1 fully saturated rings. The Kier molecular flexibility index (Phi) is 8.40. The maximum absolute atomic E-state index is 15.9. The number of aromatic nitrogens is 3. The van der Waals surface area contributed by atoms with Crippen LogP contribution >= 0.6 is 11.3 Å². The minimum atomic E-state index is -3.67. The molecule has 1 atom stereocenters. The zero-order chi connectivity index (χ0) is 29.2. The third-order valence-electron chi connectivity index (χ3n) is 6.82. The summed E-state index contributed by atoms with van der Waals surface area (Å²) in [7, 11) is -3.67. The molecule has 41 heavy (non-hydrogen) atoms. The molecule has 1 aliphatic rings. The van der Waals surface area contributed by atoms with Crippen LogP contribution in [0, 0.1) is 5.82 Å². The lowest BCUT2D eigenvalue weighted by atomic mass is 9.98. The van der Waals surface area contributed by atoms with Crippen molar-refractivity contribution in [3.05, 3.63) is 71.1 Å².